The minimum Gasteiger partial charge on any atom is -0.478 e. The number of nitrogens with zero attached hydrogens (tertiary/aromatic N) is 2. The molecule has 0 unspecified atom stereocenters. The Kier molecular flexibility index (Phi) is 4.86. The largest absolute Gasteiger partial charge is 0.625 e. The third-order valence-corrected chi connectivity index (χ3v) is 5.63. The molecule has 144 valence electrons. The molecule has 0 radical (unpaired) electrons. The highest BCUT2D eigenvalue weighted by molar-refractivity contribution is 6.54. The fourth-order valence-electron chi connectivity index (χ4n) is 4.34. The van der Waals surface area contributed by atoms with Gasteiger partial charge in [0.2, 0.25) is 0 Å². The number of rotatable bonds is 4. The topological polar surface area (TPSA) is 30.9 Å². The fourth-order valence-corrected chi connectivity index (χ4v) is 4.34. The lowest BCUT2D eigenvalue weighted by Crippen LogP contribution is -2.62. The van der Waals surface area contributed by atoms with Crippen molar-refractivity contribution < 1.29 is 18.4 Å². The van der Waals surface area contributed by atoms with Crippen LogP contribution in [0.15, 0.2) is 60.7 Å². The smallest absolute Gasteiger partial charge is 0.478 e. The predicted molar refractivity (Wildman–Crippen MR) is 107 cm³/mol. The summed E-state index contributed by atoms with van der Waals surface area (Å²) < 4.78 is 20.4. The molecule has 5 nitrogen and oxygen atoms in total. The van der Waals surface area contributed by atoms with Crippen LogP contribution < -0.4 is 0 Å². The quantitative estimate of drug-likeness (QED) is 0.777. The Morgan fingerprint density at radius 3 is 1.78 bits per heavy atom. The maximum absolute atomic E-state index is 6.66. The molecule has 0 amide bonds. The molecule has 0 saturated carbocycles. The molecule has 2 aliphatic heterocycles. The molecule has 2 aromatic carbocycles. The summed E-state index contributed by atoms with van der Waals surface area (Å²) in [6, 6.07) is 20.6. The molecule has 2 aromatic rings. The monoisotopic (exact) mass is 368 g/mol. The maximum atomic E-state index is 6.66. The van der Waals surface area contributed by atoms with Crippen molar-refractivity contribution in [2.24, 2.45) is 0 Å². The van der Waals surface area contributed by atoms with Gasteiger partial charge in [0.1, 0.15) is 0 Å². The lowest BCUT2D eigenvalue weighted by molar-refractivity contribution is -0.803. The summed E-state index contributed by atoms with van der Waals surface area (Å²) in [5.74, 6) is 0. The third kappa shape index (κ3) is 3.44. The van der Waals surface area contributed by atoms with Gasteiger partial charge in [0.15, 0.2) is 0 Å². The van der Waals surface area contributed by atoms with E-state index in [1.54, 1.807) is 0 Å². The first kappa shape index (κ1) is 18.7. The summed E-state index contributed by atoms with van der Waals surface area (Å²) in [6.45, 7) is -0.198. The van der Waals surface area contributed by atoms with Crippen molar-refractivity contribution in [3.63, 3.8) is 0 Å². The highest BCUT2D eigenvalue weighted by atomic mass is 16.8. The minimum absolute atomic E-state index is 0.0842. The SMILES string of the molecule is CN(C)C[C@H]1C[N+](C)(C)[B-]2(O1)O[C@H](c1ccccc1)[C@@H](c1ccccc1)O2. The van der Waals surface area contributed by atoms with Crippen molar-refractivity contribution in [1.29, 1.82) is 0 Å². The fraction of sp³-hybridized carbons (Fsp3) is 0.429. The van der Waals surface area contributed by atoms with E-state index in [0.717, 1.165) is 24.2 Å². The van der Waals surface area contributed by atoms with Crippen LogP contribution in [0.3, 0.4) is 0 Å². The molecule has 0 bridgehead atoms. The average Bonchev–Trinajstić information content (AvgIpc) is 3.14. The Balaban J connectivity index is 1.70. The first-order valence-corrected chi connectivity index (χ1v) is 9.64. The maximum Gasteiger partial charge on any atom is 0.625 e. The second kappa shape index (κ2) is 7.04. The van der Waals surface area contributed by atoms with Crippen LogP contribution in [-0.2, 0) is 14.0 Å². The summed E-state index contributed by atoms with van der Waals surface area (Å²) in [7, 11) is 8.42. The van der Waals surface area contributed by atoms with Crippen LogP contribution in [0.2, 0.25) is 0 Å². The number of hydrogen-bond donors (Lipinski definition) is 0. The van der Waals surface area contributed by atoms with E-state index >= 15 is 0 Å². The molecular formula is C21H29BN2O3. The average molecular weight is 368 g/mol. The van der Waals surface area contributed by atoms with Gasteiger partial charge in [-0.15, -0.1) is 0 Å². The van der Waals surface area contributed by atoms with Crippen molar-refractivity contribution in [2.75, 3.05) is 41.3 Å². The van der Waals surface area contributed by atoms with Gasteiger partial charge in [0.05, 0.1) is 24.9 Å². The van der Waals surface area contributed by atoms with Crippen molar-refractivity contribution >= 4 is 6.89 Å². The zero-order valence-corrected chi connectivity index (χ0v) is 16.6. The zero-order valence-electron chi connectivity index (χ0n) is 16.6. The van der Waals surface area contributed by atoms with Crippen molar-refractivity contribution in [2.45, 2.75) is 18.3 Å². The molecule has 1 spiro atoms. The van der Waals surface area contributed by atoms with Crippen LogP contribution in [0, 0.1) is 0 Å². The van der Waals surface area contributed by atoms with Crippen molar-refractivity contribution in [1.82, 2.24) is 4.90 Å². The van der Waals surface area contributed by atoms with Gasteiger partial charge in [0, 0.05) is 20.6 Å². The van der Waals surface area contributed by atoms with Crippen LogP contribution in [-0.4, -0.2) is 63.6 Å². The van der Waals surface area contributed by atoms with E-state index in [1.165, 1.54) is 0 Å². The first-order chi connectivity index (χ1) is 12.9. The summed E-state index contributed by atoms with van der Waals surface area (Å²) in [5.41, 5.74) is 2.23. The van der Waals surface area contributed by atoms with Gasteiger partial charge in [-0.2, -0.15) is 0 Å². The molecule has 27 heavy (non-hydrogen) atoms. The molecule has 0 N–H and O–H groups in total. The van der Waals surface area contributed by atoms with E-state index in [0.29, 0.717) is 4.39 Å². The van der Waals surface area contributed by atoms with Gasteiger partial charge < -0.3 is 23.3 Å². The van der Waals surface area contributed by atoms with E-state index in [2.05, 4.69) is 57.4 Å². The van der Waals surface area contributed by atoms with Crippen LogP contribution in [0.5, 0.6) is 0 Å². The summed E-state index contributed by atoms with van der Waals surface area (Å²) >= 11 is 0. The molecular weight excluding hydrogens is 339 g/mol. The second-order valence-electron chi connectivity index (χ2n) is 8.52. The van der Waals surface area contributed by atoms with Gasteiger partial charge in [0.25, 0.3) is 0 Å². The lowest BCUT2D eigenvalue weighted by atomic mass is 9.92. The first-order valence-electron chi connectivity index (χ1n) is 9.64. The van der Waals surface area contributed by atoms with Crippen LogP contribution in [0.4, 0.5) is 0 Å². The van der Waals surface area contributed by atoms with Gasteiger partial charge >= 0.3 is 6.89 Å². The van der Waals surface area contributed by atoms with Gasteiger partial charge in [-0.1, -0.05) is 60.7 Å². The third-order valence-electron chi connectivity index (χ3n) is 5.63. The highest BCUT2D eigenvalue weighted by Crippen LogP contribution is 2.50. The Hall–Kier alpha value is -1.70. The van der Waals surface area contributed by atoms with E-state index in [-0.39, 0.29) is 18.3 Å². The van der Waals surface area contributed by atoms with Crippen molar-refractivity contribution in [3.05, 3.63) is 71.8 Å². The molecule has 2 saturated heterocycles. The Morgan fingerprint density at radius 2 is 1.33 bits per heavy atom. The zero-order chi connectivity index (χ0) is 19.1. The predicted octanol–water partition coefficient (Wildman–Crippen LogP) is 2.99. The second-order valence-corrected chi connectivity index (χ2v) is 8.52. The van der Waals surface area contributed by atoms with Crippen LogP contribution in [0.1, 0.15) is 23.3 Å². The number of benzene rings is 2. The number of hydrogen-bond acceptors (Lipinski definition) is 4. The van der Waals surface area contributed by atoms with Crippen LogP contribution >= 0.6 is 0 Å². The highest BCUT2D eigenvalue weighted by Gasteiger charge is 2.63. The molecule has 2 fully saturated rings. The normalized spacial score (nSPS) is 28.9. The van der Waals surface area contributed by atoms with Crippen LogP contribution in [0.25, 0.3) is 0 Å². The molecule has 0 aliphatic carbocycles. The van der Waals surface area contributed by atoms with E-state index in [9.17, 15) is 0 Å². The van der Waals surface area contributed by atoms with E-state index in [4.69, 9.17) is 14.0 Å². The van der Waals surface area contributed by atoms with Crippen molar-refractivity contribution in [3.8, 4) is 0 Å². The van der Waals surface area contributed by atoms with Gasteiger partial charge in [-0.25, -0.2) is 0 Å². The summed E-state index contributed by atoms with van der Waals surface area (Å²) in [6.07, 6.45) is -0.297. The number of quaternary nitrogens is 1. The molecule has 3 atom stereocenters. The summed E-state index contributed by atoms with van der Waals surface area (Å²) in [5, 5.41) is 0. The molecule has 2 aliphatic rings. The minimum atomic E-state index is -1.91. The van der Waals surface area contributed by atoms with Gasteiger partial charge in [-0.3, -0.25) is 0 Å². The molecule has 2 heterocycles. The van der Waals surface area contributed by atoms with Gasteiger partial charge in [-0.05, 0) is 25.2 Å². The molecule has 4 rings (SSSR count). The molecule has 0 aromatic heterocycles. The standard InChI is InChI=1S/C21H29BN2O3/c1-23(2)15-19-16-24(3,4)22(25-19)26-20(17-11-7-5-8-12-17)21(27-22)18-13-9-6-10-14-18/h5-14,19-21H,15-16H2,1-4H3/t19-,20+,21+/m0/s1. The van der Waals surface area contributed by atoms with E-state index in [1.807, 2.05) is 36.4 Å². The summed E-state index contributed by atoms with van der Waals surface area (Å²) in [4.78, 5) is 2.15. The Morgan fingerprint density at radius 1 is 0.852 bits per heavy atom. The number of likely N-dealkylation sites (N-methyl/N-ethyl adjacent to an activating group) is 2. The van der Waals surface area contributed by atoms with E-state index < -0.39 is 6.89 Å². The lowest BCUT2D eigenvalue weighted by Gasteiger charge is -2.42. The Labute approximate surface area is 162 Å². The Bertz CT molecular complexity index is 722. The molecule has 6 heteroatoms.